The molecular weight excluding hydrogens is 262 g/mol. The van der Waals surface area contributed by atoms with Gasteiger partial charge in [-0.15, -0.1) is 0 Å². The lowest BCUT2D eigenvalue weighted by Crippen LogP contribution is -2.04. The van der Waals surface area contributed by atoms with Gasteiger partial charge < -0.3 is 10.5 Å². The third-order valence-electron chi connectivity index (χ3n) is 3.44. The van der Waals surface area contributed by atoms with Crippen LogP contribution in [0, 0.1) is 6.92 Å². The van der Waals surface area contributed by atoms with E-state index in [1.54, 1.807) is 0 Å². The molecule has 1 aromatic heterocycles. The molecule has 0 amide bonds. The average Bonchev–Trinajstić information content (AvgIpc) is 2.51. The fourth-order valence-corrected chi connectivity index (χ4v) is 2.16. The van der Waals surface area contributed by atoms with E-state index in [9.17, 15) is 0 Å². The number of hydrogen-bond donors (Lipinski definition) is 1. The first kappa shape index (κ1) is 13.4. The Morgan fingerprint density at radius 1 is 1.05 bits per heavy atom. The highest BCUT2D eigenvalue weighted by Crippen LogP contribution is 2.28. The highest BCUT2D eigenvalue weighted by atomic mass is 16.5. The van der Waals surface area contributed by atoms with Gasteiger partial charge in [-0.05, 0) is 29.8 Å². The summed E-state index contributed by atoms with van der Waals surface area (Å²) >= 11 is 0. The Morgan fingerprint density at radius 2 is 1.81 bits per heavy atom. The van der Waals surface area contributed by atoms with Crippen molar-refractivity contribution >= 4 is 16.6 Å². The first-order chi connectivity index (χ1) is 10.2. The first-order valence-electron chi connectivity index (χ1n) is 6.97. The Balaban J connectivity index is 2.00. The van der Waals surface area contributed by atoms with Crippen LogP contribution in [-0.2, 0) is 6.42 Å². The maximum absolute atomic E-state index is 5.91. The number of rotatable bonds is 3. The van der Waals surface area contributed by atoms with Crippen molar-refractivity contribution in [3.63, 3.8) is 0 Å². The second-order valence-electron chi connectivity index (χ2n) is 4.92. The van der Waals surface area contributed by atoms with Crippen molar-refractivity contribution in [3.8, 4) is 11.6 Å². The zero-order valence-corrected chi connectivity index (χ0v) is 12.1. The molecule has 106 valence electrons. The molecule has 2 aromatic carbocycles. The molecule has 0 unspecified atom stereocenters. The fraction of sp³-hybridized carbons (Fsp3) is 0.176. The molecule has 21 heavy (non-hydrogen) atoms. The van der Waals surface area contributed by atoms with Crippen LogP contribution in [0.25, 0.3) is 10.8 Å². The number of nitrogens with zero attached hydrogens (tertiary/aromatic N) is 2. The number of benzene rings is 2. The SMILES string of the molecule is CCc1nc(N)c(C)c(Oc2ccc3ccccc3c2)n1. The topological polar surface area (TPSA) is 61.0 Å². The molecule has 2 N–H and O–H groups in total. The van der Waals surface area contributed by atoms with Gasteiger partial charge in [0.1, 0.15) is 17.4 Å². The first-order valence-corrected chi connectivity index (χ1v) is 6.97. The van der Waals surface area contributed by atoms with E-state index in [0.29, 0.717) is 17.5 Å². The minimum Gasteiger partial charge on any atom is -0.439 e. The molecule has 0 fully saturated rings. The molecule has 0 spiro atoms. The molecule has 3 rings (SSSR count). The maximum Gasteiger partial charge on any atom is 0.227 e. The highest BCUT2D eigenvalue weighted by Gasteiger charge is 2.10. The standard InChI is InChI=1S/C17H17N3O/c1-3-15-19-16(18)11(2)17(20-15)21-14-9-8-12-6-4-5-7-13(12)10-14/h4-10H,3H2,1-2H3,(H2,18,19,20). The van der Waals surface area contributed by atoms with Crippen molar-refractivity contribution in [1.29, 1.82) is 0 Å². The van der Waals surface area contributed by atoms with Crippen LogP contribution < -0.4 is 10.5 Å². The molecule has 0 aliphatic heterocycles. The number of anilines is 1. The van der Waals surface area contributed by atoms with E-state index >= 15 is 0 Å². The van der Waals surface area contributed by atoms with Gasteiger partial charge in [0, 0.05) is 6.42 Å². The van der Waals surface area contributed by atoms with Crippen LogP contribution in [0.3, 0.4) is 0 Å². The number of aryl methyl sites for hydroxylation is 1. The van der Waals surface area contributed by atoms with E-state index in [1.807, 2.05) is 44.2 Å². The Hall–Kier alpha value is -2.62. The predicted molar refractivity (Wildman–Crippen MR) is 84.6 cm³/mol. The van der Waals surface area contributed by atoms with Gasteiger partial charge >= 0.3 is 0 Å². The monoisotopic (exact) mass is 279 g/mol. The molecule has 0 saturated carbocycles. The van der Waals surface area contributed by atoms with Gasteiger partial charge in [-0.2, -0.15) is 4.98 Å². The molecular formula is C17H17N3O. The van der Waals surface area contributed by atoms with Crippen LogP contribution in [0.4, 0.5) is 5.82 Å². The molecule has 0 saturated heterocycles. The van der Waals surface area contributed by atoms with E-state index in [0.717, 1.165) is 23.1 Å². The molecule has 4 nitrogen and oxygen atoms in total. The maximum atomic E-state index is 5.91. The summed E-state index contributed by atoms with van der Waals surface area (Å²) in [7, 11) is 0. The van der Waals surface area contributed by atoms with Crippen molar-refractivity contribution in [1.82, 2.24) is 9.97 Å². The van der Waals surface area contributed by atoms with Crippen LogP contribution >= 0.6 is 0 Å². The van der Waals surface area contributed by atoms with Crippen molar-refractivity contribution in [2.24, 2.45) is 0 Å². The summed E-state index contributed by atoms with van der Waals surface area (Å²) in [5.41, 5.74) is 6.67. The largest absolute Gasteiger partial charge is 0.439 e. The summed E-state index contributed by atoms with van der Waals surface area (Å²) in [6.45, 7) is 3.86. The number of hydrogen-bond acceptors (Lipinski definition) is 4. The van der Waals surface area contributed by atoms with Crippen molar-refractivity contribution in [2.75, 3.05) is 5.73 Å². The van der Waals surface area contributed by atoms with Crippen LogP contribution in [0.15, 0.2) is 42.5 Å². The average molecular weight is 279 g/mol. The van der Waals surface area contributed by atoms with Crippen LogP contribution in [0.2, 0.25) is 0 Å². The Kier molecular flexibility index (Phi) is 3.44. The highest BCUT2D eigenvalue weighted by molar-refractivity contribution is 5.83. The minimum absolute atomic E-state index is 0.470. The summed E-state index contributed by atoms with van der Waals surface area (Å²) in [6.07, 6.45) is 0.721. The van der Waals surface area contributed by atoms with Crippen LogP contribution in [0.5, 0.6) is 11.6 Å². The number of nitrogen functional groups attached to an aromatic ring is 1. The van der Waals surface area contributed by atoms with Crippen molar-refractivity contribution < 1.29 is 4.74 Å². The lowest BCUT2D eigenvalue weighted by Gasteiger charge is -2.11. The fourth-order valence-electron chi connectivity index (χ4n) is 2.16. The minimum atomic E-state index is 0.470. The number of fused-ring (bicyclic) bond motifs is 1. The Bertz CT molecular complexity index is 799. The quantitative estimate of drug-likeness (QED) is 0.790. The van der Waals surface area contributed by atoms with E-state index in [4.69, 9.17) is 10.5 Å². The smallest absolute Gasteiger partial charge is 0.227 e. The van der Waals surface area contributed by atoms with Gasteiger partial charge in [0.25, 0.3) is 0 Å². The molecule has 0 atom stereocenters. The summed E-state index contributed by atoms with van der Waals surface area (Å²) in [5.74, 6) is 2.43. The number of ether oxygens (including phenoxy) is 1. The van der Waals surface area contributed by atoms with Crippen LogP contribution in [0.1, 0.15) is 18.3 Å². The van der Waals surface area contributed by atoms with Gasteiger partial charge in [0.15, 0.2) is 0 Å². The van der Waals surface area contributed by atoms with Gasteiger partial charge in [0.05, 0.1) is 5.56 Å². The number of aromatic nitrogens is 2. The lowest BCUT2D eigenvalue weighted by molar-refractivity contribution is 0.456. The van der Waals surface area contributed by atoms with E-state index in [2.05, 4.69) is 22.1 Å². The molecule has 0 aliphatic rings. The second-order valence-corrected chi connectivity index (χ2v) is 4.92. The van der Waals surface area contributed by atoms with E-state index in [1.165, 1.54) is 5.39 Å². The molecule has 0 aliphatic carbocycles. The van der Waals surface area contributed by atoms with Gasteiger partial charge in [-0.3, -0.25) is 0 Å². The molecule has 0 bridgehead atoms. The van der Waals surface area contributed by atoms with E-state index in [-0.39, 0.29) is 0 Å². The van der Waals surface area contributed by atoms with E-state index < -0.39 is 0 Å². The third kappa shape index (κ3) is 2.65. The van der Waals surface area contributed by atoms with Gasteiger partial charge in [-0.25, -0.2) is 4.98 Å². The number of nitrogens with two attached hydrogens (primary N) is 1. The zero-order valence-electron chi connectivity index (χ0n) is 12.1. The predicted octanol–water partition coefficient (Wildman–Crippen LogP) is 3.88. The third-order valence-corrected chi connectivity index (χ3v) is 3.44. The van der Waals surface area contributed by atoms with Crippen molar-refractivity contribution in [3.05, 3.63) is 53.9 Å². The van der Waals surface area contributed by atoms with Crippen LogP contribution in [-0.4, -0.2) is 9.97 Å². The van der Waals surface area contributed by atoms with Crippen molar-refractivity contribution in [2.45, 2.75) is 20.3 Å². The second kappa shape index (κ2) is 5.40. The molecule has 0 radical (unpaired) electrons. The van der Waals surface area contributed by atoms with Gasteiger partial charge in [0.2, 0.25) is 5.88 Å². The summed E-state index contributed by atoms with van der Waals surface area (Å²) in [6, 6.07) is 14.1. The molecule has 1 heterocycles. The summed E-state index contributed by atoms with van der Waals surface area (Å²) < 4.78 is 5.91. The summed E-state index contributed by atoms with van der Waals surface area (Å²) in [5, 5.41) is 2.31. The zero-order chi connectivity index (χ0) is 14.8. The lowest BCUT2D eigenvalue weighted by atomic mass is 10.1. The molecule has 4 heteroatoms. The normalized spacial score (nSPS) is 10.8. The van der Waals surface area contributed by atoms with Gasteiger partial charge in [-0.1, -0.05) is 37.3 Å². The Morgan fingerprint density at radius 3 is 2.57 bits per heavy atom. The Labute approximate surface area is 123 Å². The molecule has 3 aromatic rings. The summed E-state index contributed by atoms with van der Waals surface area (Å²) in [4.78, 5) is 8.64.